The molecule has 2 amide bonds. The fourth-order valence-corrected chi connectivity index (χ4v) is 1.81. The summed E-state index contributed by atoms with van der Waals surface area (Å²) < 4.78 is 0. The molecule has 0 saturated carbocycles. The number of nitrogens with one attached hydrogen (secondary N) is 3. The van der Waals surface area contributed by atoms with Gasteiger partial charge in [0, 0.05) is 17.6 Å². The maximum absolute atomic E-state index is 11.6. The molecule has 21 heavy (non-hydrogen) atoms. The fourth-order valence-electron chi connectivity index (χ4n) is 1.68. The van der Waals surface area contributed by atoms with Gasteiger partial charge in [-0.15, -0.1) is 0 Å². The summed E-state index contributed by atoms with van der Waals surface area (Å²) in [4.78, 5) is 23.0. The van der Waals surface area contributed by atoms with Gasteiger partial charge in [0.2, 0.25) is 11.8 Å². The van der Waals surface area contributed by atoms with Crippen LogP contribution in [0.4, 0.5) is 0 Å². The Morgan fingerprint density at radius 3 is 2.33 bits per heavy atom. The predicted octanol–water partition coefficient (Wildman–Crippen LogP) is 1.63. The summed E-state index contributed by atoms with van der Waals surface area (Å²) >= 11 is 5.83. The van der Waals surface area contributed by atoms with Gasteiger partial charge in [-0.05, 0) is 31.0 Å². The Balaban J connectivity index is 2.26. The molecule has 5 nitrogen and oxygen atoms in total. The van der Waals surface area contributed by atoms with E-state index >= 15 is 0 Å². The first-order chi connectivity index (χ1) is 10.0. The number of halogens is 1. The van der Waals surface area contributed by atoms with Crippen LogP contribution in [-0.2, 0) is 9.59 Å². The lowest BCUT2D eigenvalue weighted by Crippen LogP contribution is -2.41. The quantitative estimate of drug-likeness (QED) is 0.683. The largest absolute Gasteiger partial charge is 0.355 e. The van der Waals surface area contributed by atoms with E-state index in [4.69, 9.17) is 11.6 Å². The van der Waals surface area contributed by atoms with Gasteiger partial charge in [-0.3, -0.25) is 9.59 Å². The van der Waals surface area contributed by atoms with Crippen LogP contribution >= 0.6 is 11.6 Å². The normalized spacial score (nSPS) is 11.8. The summed E-state index contributed by atoms with van der Waals surface area (Å²) in [6.07, 6.45) is 0.875. The molecule has 0 aliphatic carbocycles. The van der Waals surface area contributed by atoms with Crippen molar-refractivity contribution in [2.45, 2.75) is 26.3 Å². The maximum atomic E-state index is 11.6. The third kappa shape index (κ3) is 7.11. The van der Waals surface area contributed by atoms with E-state index in [0.717, 1.165) is 12.0 Å². The molecule has 0 unspecified atom stereocenters. The molecule has 0 bridgehead atoms. The van der Waals surface area contributed by atoms with Gasteiger partial charge in [0.05, 0.1) is 13.1 Å². The Kier molecular flexibility index (Phi) is 7.79. The fraction of sp³-hybridized carbons (Fsp3) is 0.467. The minimum absolute atomic E-state index is 0.00976. The molecule has 3 N–H and O–H groups in total. The lowest BCUT2D eigenvalue weighted by Gasteiger charge is -2.14. The Morgan fingerprint density at radius 1 is 1.10 bits per heavy atom. The summed E-state index contributed by atoms with van der Waals surface area (Å²) in [5.74, 6) is -0.376. The second-order valence-corrected chi connectivity index (χ2v) is 5.22. The van der Waals surface area contributed by atoms with Crippen LogP contribution in [0, 0.1) is 0 Å². The van der Waals surface area contributed by atoms with Gasteiger partial charge in [-0.1, -0.05) is 30.7 Å². The molecular formula is C15H22ClN3O2. The van der Waals surface area contributed by atoms with Crippen molar-refractivity contribution >= 4 is 23.4 Å². The second-order valence-electron chi connectivity index (χ2n) is 4.78. The number of benzene rings is 1. The molecule has 1 rings (SSSR count). The molecule has 1 aromatic carbocycles. The minimum Gasteiger partial charge on any atom is -0.355 e. The zero-order chi connectivity index (χ0) is 15.7. The van der Waals surface area contributed by atoms with Crippen LogP contribution in [0.2, 0.25) is 5.02 Å². The monoisotopic (exact) mass is 311 g/mol. The van der Waals surface area contributed by atoms with Crippen LogP contribution in [-0.4, -0.2) is 31.4 Å². The smallest absolute Gasteiger partial charge is 0.239 e. The SMILES string of the molecule is CCCNC(=O)CNC(=O)CN[C@@H](C)c1ccc(Cl)cc1. The molecule has 0 aromatic heterocycles. The molecule has 1 aromatic rings. The van der Waals surface area contributed by atoms with Crippen LogP contribution < -0.4 is 16.0 Å². The molecule has 0 heterocycles. The highest BCUT2D eigenvalue weighted by molar-refractivity contribution is 6.30. The minimum atomic E-state index is -0.206. The first-order valence-electron chi connectivity index (χ1n) is 7.05. The Labute approximate surface area is 130 Å². The van der Waals surface area contributed by atoms with E-state index in [9.17, 15) is 9.59 Å². The zero-order valence-electron chi connectivity index (χ0n) is 12.4. The van der Waals surface area contributed by atoms with Crippen molar-refractivity contribution in [2.24, 2.45) is 0 Å². The van der Waals surface area contributed by atoms with E-state index in [1.54, 1.807) is 0 Å². The number of hydrogen-bond donors (Lipinski definition) is 3. The molecule has 0 spiro atoms. The van der Waals surface area contributed by atoms with E-state index in [1.807, 2.05) is 38.1 Å². The van der Waals surface area contributed by atoms with E-state index in [0.29, 0.717) is 11.6 Å². The molecule has 116 valence electrons. The first-order valence-corrected chi connectivity index (χ1v) is 7.43. The zero-order valence-corrected chi connectivity index (χ0v) is 13.2. The number of rotatable bonds is 8. The summed E-state index contributed by atoms with van der Waals surface area (Å²) in [5.41, 5.74) is 1.05. The van der Waals surface area contributed by atoms with Crippen LogP contribution in [0.5, 0.6) is 0 Å². The molecule has 6 heteroatoms. The first kappa shape index (κ1) is 17.5. The maximum Gasteiger partial charge on any atom is 0.239 e. The van der Waals surface area contributed by atoms with Crippen molar-refractivity contribution in [3.8, 4) is 0 Å². The molecular weight excluding hydrogens is 290 g/mol. The molecule has 0 fully saturated rings. The number of carbonyl (C=O) groups is 2. The highest BCUT2D eigenvalue weighted by atomic mass is 35.5. The number of carbonyl (C=O) groups excluding carboxylic acids is 2. The molecule has 0 saturated heterocycles. The topological polar surface area (TPSA) is 70.2 Å². The number of amides is 2. The Hall–Kier alpha value is -1.59. The van der Waals surface area contributed by atoms with Gasteiger partial charge >= 0.3 is 0 Å². The van der Waals surface area contributed by atoms with Crippen molar-refractivity contribution in [1.82, 2.24) is 16.0 Å². The van der Waals surface area contributed by atoms with Gasteiger partial charge in [0.15, 0.2) is 0 Å². The Bertz CT molecular complexity index is 462. The summed E-state index contributed by atoms with van der Waals surface area (Å²) in [6, 6.07) is 7.48. The average molecular weight is 312 g/mol. The molecule has 1 atom stereocenters. The van der Waals surface area contributed by atoms with E-state index in [-0.39, 0.29) is 30.9 Å². The molecule has 0 aliphatic heterocycles. The van der Waals surface area contributed by atoms with Crippen molar-refractivity contribution in [1.29, 1.82) is 0 Å². The van der Waals surface area contributed by atoms with Crippen molar-refractivity contribution in [2.75, 3.05) is 19.6 Å². The molecule has 0 aliphatic rings. The van der Waals surface area contributed by atoms with Crippen LogP contribution in [0.25, 0.3) is 0 Å². The van der Waals surface area contributed by atoms with Gasteiger partial charge in [0.1, 0.15) is 0 Å². The average Bonchev–Trinajstić information content (AvgIpc) is 2.49. The third-order valence-corrected chi connectivity index (χ3v) is 3.21. The third-order valence-electron chi connectivity index (χ3n) is 2.96. The van der Waals surface area contributed by atoms with Gasteiger partial charge in [-0.2, -0.15) is 0 Å². The number of hydrogen-bond acceptors (Lipinski definition) is 3. The van der Waals surface area contributed by atoms with Crippen molar-refractivity contribution < 1.29 is 9.59 Å². The summed E-state index contributed by atoms with van der Waals surface area (Å²) in [5, 5.41) is 9.05. The highest BCUT2D eigenvalue weighted by Crippen LogP contribution is 2.15. The van der Waals surface area contributed by atoms with Crippen LogP contribution in [0.3, 0.4) is 0 Å². The van der Waals surface area contributed by atoms with Gasteiger partial charge in [0.25, 0.3) is 0 Å². The Morgan fingerprint density at radius 2 is 1.71 bits per heavy atom. The van der Waals surface area contributed by atoms with E-state index in [1.165, 1.54) is 0 Å². The van der Waals surface area contributed by atoms with Crippen LogP contribution in [0.1, 0.15) is 31.9 Å². The van der Waals surface area contributed by atoms with E-state index < -0.39 is 0 Å². The lowest BCUT2D eigenvalue weighted by atomic mass is 10.1. The van der Waals surface area contributed by atoms with Gasteiger partial charge in [-0.25, -0.2) is 0 Å². The summed E-state index contributed by atoms with van der Waals surface area (Å²) in [6.45, 7) is 4.73. The van der Waals surface area contributed by atoms with E-state index in [2.05, 4.69) is 16.0 Å². The highest BCUT2D eigenvalue weighted by Gasteiger charge is 2.08. The van der Waals surface area contributed by atoms with Crippen LogP contribution in [0.15, 0.2) is 24.3 Å². The predicted molar refractivity (Wildman–Crippen MR) is 84.2 cm³/mol. The summed E-state index contributed by atoms with van der Waals surface area (Å²) in [7, 11) is 0. The lowest BCUT2D eigenvalue weighted by molar-refractivity contribution is -0.125. The second kappa shape index (κ2) is 9.37. The molecule has 0 radical (unpaired) electrons. The van der Waals surface area contributed by atoms with Gasteiger partial charge < -0.3 is 16.0 Å². The van der Waals surface area contributed by atoms with Crippen molar-refractivity contribution in [3.63, 3.8) is 0 Å². The van der Waals surface area contributed by atoms with Crippen molar-refractivity contribution in [3.05, 3.63) is 34.9 Å². The standard InChI is InChI=1S/C15H22ClN3O2/c1-3-8-17-14(20)10-19-15(21)9-18-11(2)12-4-6-13(16)7-5-12/h4-7,11,18H,3,8-10H2,1-2H3,(H,17,20)(H,19,21)/t11-/m0/s1.